The van der Waals surface area contributed by atoms with Crippen LogP contribution in [0, 0.1) is 0 Å². The summed E-state index contributed by atoms with van der Waals surface area (Å²) >= 11 is 3.68. The lowest BCUT2D eigenvalue weighted by molar-refractivity contribution is 0.726. The Labute approximate surface area is 330 Å². The summed E-state index contributed by atoms with van der Waals surface area (Å²) in [5.74, 6) is 0.683. The minimum atomic E-state index is -0.450. The molecule has 0 N–H and O–H groups in total. The molecule has 4 heterocycles. The van der Waals surface area contributed by atoms with Crippen LogP contribution >= 0.6 is 23.1 Å². The van der Waals surface area contributed by atoms with E-state index in [1.54, 1.807) is 11.3 Å². The highest BCUT2D eigenvalue weighted by atomic mass is 32.2. The number of thiophene rings is 1. The van der Waals surface area contributed by atoms with Crippen LogP contribution in [0.1, 0.15) is 22.3 Å². The molecule has 13 rings (SSSR count). The lowest BCUT2D eigenvalue weighted by atomic mass is 9.67. The number of benzene rings is 8. The summed E-state index contributed by atoms with van der Waals surface area (Å²) in [6.07, 6.45) is 0. The van der Waals surface area contributed by atoms with E-state index in [4.69, 9.17) is 9.97 Å². The molecular weight excluding hydrogens is 719 g/mol. The topological polar surface area (TPSA) is 30.7 Å². The van der Waals surface area contributed by atoms with Crippen molar-refractivity contribution in [3.63, 3.8) is 0 Å². The monoisotopic (exact) mass is 747 g/mol. The second-order valence-corrected chi connectivity index (χ2v) is 16.9. The number of para-hydroxylation sites is 1. The van der Waals surface area contributed by atoms with Crippen LogP contribution in [0.3, 0.4) is 0 Å². The molecule has 56 heavy (non-hydrogen) atoms. The van der Waals surface area contributed by atoms with E-state index in [2.05, 4.69) is 180 Å². The maximum atomic E-state index is 5.59. The highest BCUT2D eigenvalue weighted by molar-refractivity contribution is 7.99. The Kier molecular flexibility index (Phi) is 6.19. The van der Waals surface area contributed by atoms with Gasteiger partial charge in [0, 0.05) is 36.2 Å². The van der Waals surface area contributed by atoms with Crippen molar-refractivity contribution in [3.8, 4) is 28.3 Å². The van der Waals surface area contributed by atoms with Gasteiger partial charge in [-0.05, 0) is 68.4 Å². The lowest BCUT2D eigenvalue weighted by Gasteiger charge is -2.40. The van der Waals surface area contributed by atoms with Crippen molar-refractivity contribution < 1.29 is 0 Å². The Balaban J connectivity index is 1.16. The SMILES string of the molecule is c1ccc2c(c1)Sc1c(ccc3c1c1ccccc1n3-c1nc(-c3cccc4ccccc34)c3sc4ccccc4c3n1)C21c2ccccc2-c2ccccc21. The fraction of sp³-hybridized carbons (Fsp3) is 0.0196. The molecule has 0 radical (unpaired) electrons. The number of fused-ring (bicyclic) bond motifs is 17. The van der Waals surface area contributed by atoms with E-state index in [1.807, 2.05) is 11.8 Å². The van der Waals surface area contributed by atoms with E-state index in [1.165, 1.54) is 69.4 Å². The first kappa shape index (κ1) is 30.8. The molecule has 1 aliphatic carbocycles. The number of nitrogens with zero attached hydrogens (tertiary/aromatic N) is 3. The van der Waals surface area contributed by atoms with E-state index in [9.17, 15) is 0 Å². The molecule has 3 nitrogen and oxygen atoms in total. The van der Waals surface area contributed by atoms with E-state index < -0.39 is 5.41 Å². The predicted molar refractivity (Wildman–Crippen MR) is 234 cm³/mol. The summed E-state index contributed by atoms with van der Waals surface area (Å²) in [4.78, 5) is 13.7. The van der Waals surface area contributed by atoms with Gasteiger partial charge in [-0.15, -0.1) is 11.3 Å². The molecule has 1 aliphatic heterocycles. The Morgan fingerprint density at radius 2 is 1.11 bits per heavy atom. The van der Waals surface area contributed by atoms with Crippen molar-refractivity contribution in [2.45, 2.75) is 15.2 Å². The van der Waals surface area contributed by atoms with Crippen molar-refractivity contribution in [2.24, 2.45) is 0 Å². The molecule has 5 heteroatoms. The average molecular weight is 748 g/mol. The van der Waals surface area contributed by atoms with Gasteiger partial charge in [0.15, 0.2) is 0 Å². The van der Waals surface area contributed by atoms with Gasteiger partial charge in [0.05, 0.1) is 32.4 Å². The third-order valence-corrected chi connectivity index (χ3v) is 14.5. The Morgan fingerprint density at radius 1 is 0.464 bits per heavy atom. The van der Waals surface area contributed by atoms with Gasteiger partial charge in [0.2, 0.25) is 5.95 Å². The van der Waals surface area contributed by atoms with Gasteiger partial charge in [-0.2, -0.15) is 0 Å². The highest BCUT2D eigenvalue weighted by Crippen LogP contribution is 2.63. The maximum absolute atomic E-state index is 5.59. The maximum Gasteiger partial charge on any atom is 0.235 e. The molecule has 0 amide bonds. The molecule has 0 unspecified atom stereocenters. The molecule has 8 aromatic carbocycles. The molecule has 2 aliphatic rings. The van der Waals surface area contributed by atoms with Crippen LogP contribution in [0.4, 0.5) is 0 Å². The minimum absolute atomic E-state index is 0.450. The van der Waals surface area contributed by atoms with Gasteiger partial charge in [-0.1, -0.05) is 163 Å². The average Bonchev–Trinajstić information content (AvgIpc) is 3.90. The highest BCUT2D eigenvalue weighted by Gasteiger charge is 2.50. The van der Waals surface area contributed by atoms with Gasteiger partial charge < -0.3 is 0 Å². The number of aromatic nitrogens is 3. The van der Waals surface area contributed by atoms with Gasteiger partial charge in [-0.3, -0.25) is 4.57 Å². The molecule has 1 spiro atoms. The van der Waals surface area contributed by atoms with Crippen LogP contribution < -0.4 is 0 Å². The van der Waals surface area contributed by atoms with Crippen LogP contribution in [0.15, 0.2) is 186 Å². The van der Waals surface area contributed by atoms with Crippen LogP contribution in [-0.4, -0.2) is 14.5 Å². The van der Waals surface area contributed by atoms with E-state index >= 15 is 0 Å². The second kappa shape index (κ2) is 11.3. The largest absolute Gasteiger partial charge is 0.278 e. The molecule has 3 aromatic heterocycles. The zero-order chi connectivity index (χ0) is 36.5. The van der Waals surface area contributed by atoms with Crippen molar-refractivity contribution in [1.82, 2.24) is 14.5 Å². The fourth-order valence-electron chi connectivity index (χ4n) is 9.87. The number of rotatable bonds is 2. The standard InChI is InChI=1S/C51H29N3S2/c1-2-16-31-30(14-1)15-13-21-34(31)46-49-47(36-20-6-11-26-43(36)55-49)53-50(52-46)54-41-25-10-5-19-35(41)45-42(54)29-28-40-48(45)56-44-27-12-9-24-39(44)51(40)37-22-7-3-17-32(37)33-18-4-8-23-38(33)51/h1-29H. The molecule has 0 saturated carbocycles. The molecule has 0 fully saturated rings. The fourth-order valence-corrected chi connectivity index (χ4v) is 12.4. The molecule has 260 valence electrons. The van der Waals surface area contributed by atoms with Crippen molar-refractivity contribution >= 4 is 76.0 Å². The zero-order valence-corrected chi connectivity index (χ0v) is 31.5. The van der Waals surface area contributed by atoms with E-state index in [-0.39, 0.29) is 0 Å². The van der Waals surface area contributed by atoms with Crippen LogP contribution in [0.5, 0.6) is 0 Å². The third kappa shape index (κ3) is 3.88. The predicted octanol–water partition coefficient (Wildman–Crippen LogP) is 13.6. The van der Waals surface area contributed by atoms with Crippen molar-refractivity contribution in [1.29, 1.82) is 0 Å². The van der Waals surface area contributed by atoms with Crippen LogP contribution in [0.25, 0.3) is 81.2 Å². The smallest absolute Gasteiger partial charge is 0.235 e. The molecular formula is C51H29N3S2. The van der Waals surface area contributed by atoms with Crippen molar-refractivity contribution in [3.05, 3.63) is 198 Å². The Morgan fingerprint density at radius 3 is 1.95 bits per heavy atom. The summed E-state index contributed by atoms with van der Waals surface area (Å²) in [7, 11) is 0. The molecule has 0 atom stereocenters. The quantitative estimate of drug-likeness (QED) is 0.176. The van der Waals surface area contributed by atoms with Gasteiger partial charge in [0.25, 0.3) is 0 Å². The first-order valence-corrected chi connectivity index (χ1v) is 20.6. The molecule has 0 bridgehead atoms. The Hall–Kier alpha value is -6.53. The minimum Gasteiger partial charge on any atom is -0.278 e. The first-order chi connectivity index (χ1) is 27.8. The van der Waals surface area contributed by atoms with Gasteiger partial charge in [-0.25, -0.2) is 9.97 Å². The molecule has 11 aromatic rings. The van der Waals surface area contributed by atoms with Crippen LogP contribution in [0.2, 0.25) is 0 Å². The molecule has 0 saturated heterocycles. The number of hydrogen-bond donors (Lipinski definition) is 0. The normalized spacial score (nSPS) is 13.8. The summed E-state index contributed by atoms with van der Waals surface area (Å²) in [6.45, 7) is 0. The third-order valence-electron chi connectivity index (χ3n) is 12.1. The Bertz CT molecular complexity index is 3430. The van der Waals surface area contributed by atoms with Gasteiger partial charge in [0.1, 0.15) is 0 Å². The van der Waals surface area contributed by atoms with E-state index in [0.717, 1.165) is 37.9 Å². The van der Waals surface area contributed by atoms with E-state index in [0.29, 0.717) is 5.95 Å². The zero-order valence-electron chi connectivity index (χ0n) is 29.9. The lowest BCUT2D eigenvalue weighted by Crippen LogP contribution is -2.32. The summed E-state index contributed by atoms with van der Waals surface area (Å²) in [5.41, 5.74) is 12.8. The van der Waals surface area contributed by atoms with Crippen LogP contribution in [-0.2, 0) is 5.41 Å². The van der Waals surface area contributed by atoms with Crippen molar-refractivity contribution in [2.75, 3.05) is 0 Å². The first-order valence-electron chi connectivity index (χ1n) is 19.0. The summed E-state index contributed by atoms with van der Waals surface area (Å²) in [6, 6.07) is 64.5. The summed E-state index contributed by atoms with van der Waals surface area (Å²) in [5, 5.41) is 5.98. The van der Waals surface area contributed by atoms with Gasteiger partial charge >= 0.3 is 0 Å². The second-order valence-electron chi connectivity index (χ2n) is 14.8. The summed E-state index contributed by atoms with van der Waals surface area (Å²) < 4.78 is 4.64. The number of hydrogen-bond acceptors (Lipinski definition) is 4.